The molecule has 106 valence electrons. The van der Waals surface area contributed by atoms with E-state index in [2.05, 4.69) is 26.3 Å². The summed E-state index contributed by atoms with van der Waals surface area (Å²) in [5.41, 5.74) is 3.11. The third-order valence-electron chi connectivity index (χ3n) is 3.86. The Morgan fingerprint density at radius 1 is 1.25 bits per heavy atom. The predicted molar refractivity (Wildman–Crippen MR) is 81.1 cm³/mol. The zero-order valence-electron chi connectivity index (χ0n) is 11.4. The van der Waals surface area contributed by atoms with Crippen molar-refractivity contribution in [3.8, 4) is 11.3 Å². The summed E-state index contributed by atoms with van der Waals surface area (Å²) in [5.74, 6) is 0.275. The highest BCUT2D eigenvalue weighted by molar-refractivity contribution is 9.10. The van der Waals surface area contributed by atoms with Gasteiger partial charge in [0, 0.05) is 18.5 Å². The molecule has 0 spiro atoms. The Morgan fingerprint density at radius 2 is 1.90 bits per heavy atom. The second-order valence-corrected chi connectivity index (χ2v) is 6.00. The van der Waals surface area contributed by atoms with Crippen molar-refractivity contribution in [3.05, 3.63) is 40.2 Å². The quantitative estimate of drug-likeness (QED) is 0.909. The summed E-state index contributed by atoms with van der Waals surface area (Å²) in [7, 11) is 1.94. The number of hydrogen-bond acceptors (Lipinski definition) is 2. The number of aromatic nitrogens is 2. The van der Waals surface area contributed by atoms with Crippen LogP contribution in [0.2, 0.25) is 0 Å². The van der Waals surface area contributed by atoms with E-state index >= 15 is 0 Å². The van der Waals surface area contributed by atoms with Gasteiger partial charge >= 0.3 is 0 Å². The minimum Gasteiger partial charge on any atom is -0.317 e. The fourth-order valence-corrected chi connectivity index (χ4v) is 3.68. The van der Waals surface area contributed by atoms with Crippen molar-refractivity contribution in [2.75, 3.05) is 13.1 Å². The smallest absolute Gasteiger partial charge is 0.123 e. The Labute approximate surface area is 126 Å². The Kier molecular flexibility index (Phi) is 3.89. The molecule has 1 N–H and O–H groups in total. The lowest BCUT2D eigenvalue weighted by atomic mass is 9.94. The Morgan fingerprint density at radius 3 is 2.55 bits per heavy atom. The van der Waals surface area contributed by atoms with Gasteiger partial charge in [-0.1, -0.05) is 0 Å². The molecule has 0 amide bonds. The highest BCUT2D eigenvalue weighted by Gasteiger charge is 2.24. The van der Waals surface area contributed by atoms with E-state index in [0.29, 0.717) is 5.92 Å². The fraction of sp³-hybridized carbons (Fsp3) is 0.400. The number of halogens is 2. The predicted octanol–water partition coefficient (Wildman–Crippen LogP) is 3.46. The van der Waals surface area contributed by atoms with Crippen molar-refractivity contribution < 1.29 is 4.39 Å². The molecule has 1 aliphatic heterocycles. The number of rotatable bonds is 2. The van der Waals surface area contributed by atoms with Crippen molar-refractivity contribution in [1.82, 2.24) is 15.1 Å². The lowest BCUT2D eigenvalue weighted by Gasteiger charge is -2.21. The van der Waals surface area contributed by atoms with E-state index in [1.165, 1.54) is 12.1 Å². The highest BCUT2D eigenvalue weighted by Crippen LogP contribution is 2.37. The van der Waals surface area contributed by atoms with Crippen LogP contribution in [0.3, 0.4) is 0 Å². The summed E-state index contributed by atoms with van der Waals surface area (Å²) in [6, 6.07) is 6.56. The molecule has 2 heterocycles. The molecule has 1 aromatic heterocycles. The van der Waals surface area contributed by atoms with Crippen LogP contribution in [0.5, 0.6) is 0 Å². The topological polar surface area (TPSA) is 29.9 Å². The molecule has 0 aliphatic carbocycles. The molecule has 0 bridgehead atoms. The van der Waals surface area contributed by atoms with Gasteiger partial charge in [-0.2, -0.15) is 5.10 Å². The molecule has 0 atom stereocenters. The van der Waals surface area contributed by atoms with Gasteiger partial charge in [0.15, 0.2) is 0 Å². The van der Waals surface area contributed by atoms with Gasteiger partial charge in [0.1, 0.15) is 5.82 Å². The third-order valence-corrected chi connectivity index (χ3v) is 4.64. The number of nitrogens with zero attached hydrogens (tertiary/aromatic N) is 2. The molecule has 1 aromatic carbocycles. The minimum absolute atomic E-state index is 0.217. The second kappa shape index (κ2) is 5.66. The number of hydrogen-bond donors (Lipinski definition) is 1. The molecule has 1 aliphatic rings. The van der Waals surface area contributed by atoms with Crippen LogP contribution >= 0.6 is 15.9 Å². The molecule has 1 fully saturated rings. The lowest BCUT2D eigenvalue weighted by Crippen LogP contribution is -2.27. The van der Waals surface area contributed by atoms with Gasteiger partial charge in [0.25, 0.3) is 0 Å². The SMILES string of the molecule is Cn1nc(C2CCNCC2)c(Br)c1-c1ccc(F)cc1. The van der Waals surface area contributed by atoms with Gasteiger partial charge < -0.3 is 5.32 Å². The first-order valence-corrected chi connectivity index (χ1v) is 7.65. The monoisotopic (exact) mass is 337 g/mol. The first kappa shape index (κ1) is 13.8. The molecule has 5 heteroatoms. The third kappa shape index (κ3) is 2.52. The average molecular weight is 338 g/mol. The van der Waals surface area contributed by atoms with E-state index < -0.39 is 0 Å². The molecular weight excluding hydrogens is 321 g/mol. The summed E-state index contributed by atoms with van der Waals surface area (Å²) in [5, 5.41) is 8.05. The van der Waals surface area contributed by atoms with E-state index in [4.69, 9.17) is 0 Å². The van der Waals surface area contributed by atoms with Gasteiger partial charge in [0.2, 0.25) is 0 Å². The summed E-state index contributed by atoms with van der Waals surface area (Å²) in [6.45, 7) is 2.08. The van der Waals surface area contributed by atoms with Gasteiger partial charge in [-0.15, -0.1) is 0 Å². The fourth-order valence-electron chi connectivity index (χ4n) is 2.80. The van der Waals surface area contributed by atoms with E-state index in [-0.39, 0.29) is 5.82 Å². The Hall–Kier alpha value is -1.20. The van der Waals surface area contributed by atoms with Crippen molar-refractivity contribution in [2.24, 2.45) is 7.05 Å². The molecule has 2 aromatic rings. The standard InChI is InChI=1S/C15H17BrFN3/c1-20-15(11-2-4-12(17)5-3-11)13(16)14(19-20)10-6-8-18-9-7-10/h2-5,10,18H,6-9H2,1H3. The van der Waals surface area contributed by atoms with Gasteiger partial charge in [-0.25, -0.2) is 4.39 Å². The maximum Gasteiger partial charge on any atom is 0.123 e. The zero-order valence-corrected chi connectivity index (χ0v) is 13.0. The minimum atomic E-state index is -0.217. The second-order valence-electron chi connectivity index (χ2n) is 5.20. The van der Waals surface area contributed by atoms with E-state index in [1.54, 1.807) is 12.1 Å². The van der Waals surface area contributed by atoms with Crippen LogP contribution in [-0.2, 0) is 7.05 Å². The number of benzene rings is 1. The van der Waals surface area contributed by atoms with Crippen LogP contribution in [0.15, 0.2) is 28.7 Å². The van der Waals surface area contributed by atoms with Crippen LogP contribution < -0.4 is 5.32 Å². The van der Waals surface area contributed by atoms with Crippen molar-refractivity contribution >= 4 is 15.9 Å². The Balaban J connectivity index is 1.99. The van der Waals surface area contributed by atoms with Crippen molar-refractivity contribution in [1.29, 1.82) is 0 Å². The molecule has 1 saturated heterocycles. The largest absolute Gasteiger partial charge is 0.317 e. The summed E-state index contributed by atoms with van der Waals surface area (Å²) in [4.78, 5) is 0. The molecule has 20 heavy (non-hydrogen) atoms. The van der Waals surface area contributed by atoms with Gasteiger partial charge in [-0.3, -0.25) is 4.68 Å². The van der Waals surface area contributed by atoms with Gasteiger partial charge in [0.05, 0.1) is 15.9 Å². The zero-order chi connectivity index (χ0) is 14.1. The molecule has 0 unspecified atom stereocenters. The van der Waals surface area contributed by atoms with E-state index in [0.717, 1.165) is 47.4 Å². The van der Waals surface area contributed by atoms with E-state index in [9.17, 15) is 4.39 Å². The number of nitrogens with one attached hydrogen (secondary N) is 1. The number of piperidine rings is 1. The Bertz CT molecular complexity index is 600. The van der Waals surface area contributed by atoms with Crippen molar-refractivity contribution in [3.63, 3.8) is 0 Å². The van der Waals surface area contributed by atoms with Crippen LogP contribution in [-0.4, -0.2) is 22.9 Å². The highest BCUT2D eigenvalue weighted by atomic mass is 79.9. The van der Waals surface area contributed by atoms with Crippen molar-refractivity contribution in [2.45, 2.75) is 18.8 Å². The maximum absolute atomic E-state index is 13.1. The normalized spacial score (nSPS) is 16.6. The lowest BCUT2D eigenvalue weighted by molar-refractivity contribution is 0.449. The summed E-state index contributed by atoms with van der Waals surface area (Å²) in [6.07, 6.45) is 2.22. The molecule has 0 radical (unpaired) electrons. The van der Waals surface area contributed by atoms with Crippen LogP contribution in [0.25, 0.3) is 11.3 Å². The number of aryl methyl sites for hydroxylation is 1. The molecular formula is C15H17BrFN3. The maximum atomic E-state index is 13.1. The van der Waals surface area contributed by atoms with Crippen LogP contribution in [0, 0.1) is 5.82 Å². The first-order chi connectivity index (χ1) is 9.66. The van der Waals surface area contributed by atoms with E-state index in [1.807, 2.05) is 11.7 Å². The average Bonchev–Trinajstić information content (AvgIpc) is 2.76. The first-order valence-electron chi connectivity index (χ1n) is 6.86. The molecule has 3 nitrogen and oxygen atoms in total. The summed E-state index contributed by atoms with van der Waals surface area (Å²) < 4.78 is 16.0. The van der Waals surface area contributed by atoms with Crippen LogP contribution in [0.4, 0.5) is 4.39 Å². The molecule has 0 saturated carbocycles. The summed E-state index contributed by atoms with van der Waals surface area (Å²) >= 11 is 3.70. The van der Waals surface area contributed by atoms with Crippen LogP contribution in [0.1, 0.15) is 24.5 Å². The molecule has 3 rings (SSSR count). The van der Waals surface area contributed by atoms with Gasteiger partial charge in [-0.05, 0) is 66.1 Å².